The largest absolute Gasteiger partial charge is 0.383 e. The van der Waals surface area contributed by atoms with E-state index in [1.165, 1.54) is 7.05 Å². The first-order valence-corrected chi connectivity index (χ1v) is 9.98. The Morgan fingerprint density at radius 2 is 1.81 bits per heavy atom. The number of hydrogen-bond acceptors (Lipinski definition) is 4. The van der Waals surface area contributed by atoms with Gasteiger partial charge in [0.15, 0.2) is 0 Å². The first kappa shape index (κ1) is 18.2. The van der Waals surface area contributed by atoms with Crippen LogP contribution in [0, 0.1) is 0 Å². The van der Waals surface area contributed by atoms with E-state index in [1.54, 1.807) is 4.68 Å². The van der Waals surface area contributed by atoms with E-state index in [2.05, 4.69) is 33.3 Å². The van der Waals surface area contributed by atoms with Gasteiger partial charge in [-0.3, -0.25) is 4.68 Å². The number of sulfonamides is 1. The van der Waals surface area contributed by atoms with Gasteiger partial charge in [-0.25, -0.2) is 13.1 Å². The highest BCUT2D eigenvalue weighted by molar-refractivity contribution is 7.89. The molecule has 2 N–H and O–H groups in total. The summed E-state index contributed by atoms with van der Waals surface area (Å²) in [6.07, 6.45) is 1.89. The number of rotatable bonds is 7. The lowest BCUT2D eigenvalue weighted by molar-refractivity contribution is 0.588. The summed E-state index contributed by atoms with van der Waals surface area (Å²) < 4.78 is 27.3. The van der Waals surface area contributed by atoms with Crippen molar-refractivity contribution in [3.8, 4) is 22.4 Å². The summed E-state index contributed by atoms with van der Waals surface area (Å²) >= 11 is 0. The van der Waals surface area contributed by atoms with Crippen molar-refractivity contribution in [1.82, 2.24) is 14.5 Å². The number of hydrogen-bond donors (Lipinski definition) is 2. The Bertz CT molecular complexity index is 982. The lowest BCUT2D eigenvalue weighted by Gasteiger charge is -2.13. The van der Waals surface area contributed by atoms with E-state index in [9.17, 15) is 8.42 Å². The van der Waals surface area contributed by atoms with Crippen LogP contribution in [0.2, 0.25) is 0 Å². The molecule has 0 spiro atoms. The van der Waals surface area contributed by atoms with Crippen LogP contribution in [-0.4, -0.2) is 37.5 Å². The van der Waals surface area contributed by atoms with Crippen molar-refractivity contribution >= 4 is 15.7 Å². The Morgan fingerprint density at radius 3 is 2.46 bits per heavy atom. The summed E-state index contributed by atoms with van der Waals surface area (Å²) in [5.41, 5.74) is 4.83. The molecule has 0 bridgehead atoms. The fraction of sp³-hybridized carbons (Fsp3) is 0.211. The lowest BCUT2D eigenvalue weighted by atomic mass is 10.00. The first-order chi connectivity index (χ1) is 12.5. The molecule has 0 saturated heterocycles. The van der Waals surface area contributed by atoms with Crippen LogP contribution in [0.3, 0.4) is 0 Å². The van der Waals surface area contributed by atoms with Gasteiger partial charge in [-0.1, -0.05) is 36.4 Å². The van der Waals surface area contributed by atoms with Gasteiger partial charge < -0.3 is 5.32 Å². The molecule has 0 aliphatic carbocycles. The molecule has 1 aromatic heterocycles. The smallest absolute Gasteiger partial charge is 0.213 e. The van der Waals surface area contributed by atoms with Crippen molar-refractivity contribution in [2.75, 3.05) is 24.7 Å². The highest BCUT2D eigenvalue weighted by Crippen LogP contribution is 2.31. The molecule has 0 aliphatic rings. The minimum atomic E-state index is -3.25. The van der Waals surface area contributed by atoms with Crippen molar-refractivity contribution in [2.45, 2.75) is 0 Å². The van der Waals surface area contributed by atoms with Crippen LogP contribution in [0.4, 0.5) is 5.69 Å². The molecule has 6 nitrogen and oxygen atoms in total. The van der Waals surface area contributed by atoms with Crippen molar-refractivity contribution in [2.24, 2.45) is 7.05 Å². The molecule has 0 saturated carbocycles. The molecule has 0 fully saturated rings. The molecule has 0 amide bonds. The van der Waals surface area contributed by atoms with E-state index in [0.717, 1.165) is 28.1 Å². The summed E-state index contributed by atoms with van der Waals surface area (Å²) in [6.45, 7) is 0.313. The first-order valence-electron chi connectivity index (χ1n) is 8.33. The molecular weight excluding hydrogens is 348 g/mol. The van der Waals surface area contributed by atoms with Crippen LogP contribution < -0.4 is 10.0 Å². The van der Waals surface area contributed by atoms with Crippen molar-refractivity contribution in [3.05, 3.63) is 60.8 Å². The number of aromatic nitrogens is 2. The summed E-state index contributed by atoms with van der Waals surface area (Å²) in [7, 11) is 0.0457. The molecule has 3 rings (SSSR count). The average molecular weight is 370 g/mol. The molecule has 3 aromatic rings. The molecule has 1 heterocycles. The second kappa shape index (κ2) is 7.72. The maximum Gasteiger partial charge on any atom is 0.213 e. The summed E-state index contributed by atoms with van der Waals surface area (Å²) in [5, 5.41) is 7.72. The molecule has 0 radical (unpaired) electrons. The van der Waals surface area contributed by atoms with E-state index >= 15 is 0 Å². The van der Waals surface area contributed by atoms with Gasteiger partial charge in [0.1, 0.15) is 0 Å². The molecule has 136 valence electrons. The van der Waals surface area contributed by atoms with Gasteiger partial charge in [0, 0.05) is 31.0 Å². The maximum absolute atomic E-state index is 11.6. The maximum atomic E-state index is 11.6. The van der Waals surface area contributed by atoms with Gasteiger partial charge in [0.25, 0.3) is 0 Å². The van der Waals surface area contributed by atoms with E-state index in [0.29, 0.717) is 6.54 Å². The van der Waals surface area contributed by atoms with Gasteiger partial charge in [0.2, 0.25) is 10.0 Å². The van der Waals surface area contributed by atoms with Crippen molar-refractivity contribution in [1.29, 1.82) is 0 Å². The highest BCUT2D eigenvalue weighted by Gasteiger charge is 2.12. The zero-order valence-corrected chi connectivity index (χ0v) is 15.6. The molecule has 0 atom stereocenters. The SMILES string of the molecule is CNS(=O)(=O)CCNc1ccc(-c2ccccc2)cc1-c1ccn(C)n1. The third kappa shape index (κ3) is 4.30. The van der Waals surface area contributed by atoms with E-state index in [1.807, 2.05) is 49.6 Å². The number of anilines is 1. The van der Waals surface area contributed by atoms with Gasteiger partial charge in [-0.05, 0) is 36.4 Å². The fourth-order valence-corrected chi connectivity index (χ4v) is 3.28. The third-order valence-corrected chi connectivity index (χ3v) is 5.48. The minimum Gasteiger partial charge on any atom is -0.383 e. The third-order valence-electron chi connectivity index (χ3n) is 4.11. The summed E-state index contributed by atoms with van der Waals surface area (Å²) in [4.78, 5) is 0. The summed E-state index contributed by atoms with van der Waals surface area (Å²) in [6, 6.07) is 18.1. The van der Waals surface area contributed by atoms with Crippen LogP contribution in [0.1, 0.15) is 0 Å². The number of nitrogens with zero attached hydrogens (tertiary/aromatic N) is 2. The van der Waals surface area contributed by atoms with Gasteiger partial charge in [-0.2, -0.15) is 5.10 Å². The standard InChI is InChI=1S/C19H22N4O2S/c1-20-26(24,25)13-11-21-18-9-8-16(15-6-4-3-5-7-15)14-17(18)19-10-12-23(2)22-19/h3-10,12,14,20-21H,11,13H2,1-2H3. The predicted molar refractivity (Wildman–Crippen MR) is 105 cm³/mol. The topological polar surface area (TPSA) is 76.0 Å². The quantitative estimate of drug-likeness (QED) is 0.670. The second-order valence-electron chi connectivity index (χ2n) is 5.95. The Balaban J connectivity index is 1.93. The Kier molecular flexibility index (Phi) is 5.39. The minimum absolute atomic E-state index is 0.00555. The normalized spacial score (nSPS) is 11.5. The molecule has 2 aromatic carbocycles. The fourth-order valence-electron chi connectivity index (χ4n) is 2.70. The van der Waals surface area contributed by atoms with Crippen LogP contribution in [0.25, 0.3) is 22.4 Å². The Labute approximate surface area is 153 Å². The Hall–Kier alpha value is -2.64. The van der Waals surface area contributed by atoms with Crippen LogP contribution in [0.15, 0.2) is 60.8 Å². The number of aryl methyl sites for hydroxylation is 1. The molecule has 7 heteroatoms. The van der Waals surface area contributed by atoms with Gasteiger partial charge >= 0.3 is 0 Å². The molecular formula is C19H22N4O2S. The molecule has 26 heavy (non-hydrogen) atoms. The average Bonchev–Trinajstić information content (AvgIpc) is 3.09. The van der Waals surface area contributed by atoms with E-state index in [-0.39, 0.29) is 5.75 Å². The number of benzene rings is 2. The second-order valence-corrected chi connectivity index (χ2v) is 8.00. The highest BCUT2D eigenvalue weighted by atomic mass is 32.2. The molecule has 0 aliphatic heterocycles. The van der Waals surface area contributed by atoms with Crippen molar-refractivity contribution in [3.63, 3.8) is 0 Å². The van der Waals surface area contributed by atoms with Crippen LogP contribution in [0.5, 0.6) is 0 Å². The zero-order valence-electron chi connectivity index (χ0n) is 14.8. The van der Waals surface area contributed by atoms with E-state index in [4.69, 9.17) is 0 Å². The predicted octanol–water partition coefficient (Wildman–Crippen LogP) is 2.72. The van der Waals surface area contributed by atoms with Crippen molar-refractivity contribution < 1.29 is 8.42 Å². The molecule has 0 unspecified atom stereocenters. The van der Waals surface area contributed by atoms with Gasteiger partial charge in [0.05, 0.1) is 11.4 Å². The van der Waals surface area contributed by atoms with Gasteiger partial charge in [-0.15, -0.1) is 0 Å². The van der Waals surface area contributed by atoms with E-state index < -0.39 is 10.0 Å². The monoisotopic (exact) mass is 370 g/mol. The number of nitrogens with one attached hydrogen (secondary N) is 2. The van der Waals surface area contributed by atoms with Crippen LogP contribution >= 0.6 is 0 Å². The summed E-state index contributed by atoms with van der Waals surface area (Å²) in [5.74, 6) is 0.00555. The Morgan fingerprint density at radius 1 is 1.04 bits per heavy atom. The van der Waals surface area contributed by atoms with Crippen LogP contribution in [-0.2, 0) is 17.1 Å². The lowest BCUT2D eigenvalue weighted by Crippen LogP contribution is -2.26. The zero-order chi connectivity index (χ0) is 18.6.